The number of piperazine rings is 1. The zero-order valence-electron chi connectivity index (χ0n) is 13.5. The lowest BCUT2D eigenvalue weighted by molar-refractivity contribution is 0.0533. The van der Waals surface area contributed by atoms with Crippen LogP contribution in [0, 0.1) is 11.6 Å². The van der Waals surface area contributed by atoms with Gasteiger partial charge >= 0.3 is 0 Å². The van der Waals surface area contributed by atoms with Crippen molar-refractivity contribution in [3.63, 3.8) is 0 Å². The lowest BCUT2D eigenvalue weighted by Crippen LogP contribution is -2.50. The molecule has 0 aliphatic carbocycles. The van der Waals surface area contributed by atoms with Crippen molar-refractivity contribution in [2.45, 2.75) is 0 Å². The number of rotatable bonds is 2. The molecule has 4 nitrogen and oxygen atoms in total. The number of halogens is 4. The van der Waals surface area contributed by atoms with Gasteiger partial charge in [-0.15, -0.1) is 0 Å². The van der Waals surface area contributed by atoms with Crippen LogP contribution < -0.4 is 0 Å². The van der Waals surface area contributed by atoms with Gasteiger partial charge in [-0.3, -0.25) is 9.59 Å². The molecule has 0 atom stereocenters. The molecule has 2 aromatic rings. The quantitative estimate of drug-likeness (QED) is 0.770. The highest BCUT2D eigenvalue weighted by molar-refractivity contribution is 6.35. The molecule has 3 rings (SSSR count). The Morgan fingerprint density at radius 2 is 1.38 bits per heavy atom. The Hall–Kier alpha value is -2.18. The third-order valence-electron chi connectivity index (χ3n) is 4.17. The predicted octanol–water partition coefficient (Wildman–Crippen LogP) is 3.87. The molecule has 0 saturated carbocycles. The normalized spacial score (nSPS) is 14.5. The van der Waals surface area contributed by atoms with Crippen LogP contribution in [0.3, 0.4) is 0 Å². The maximum absolute atomic E-state index is 13.8. The first-order valence-electron chi connectivity index (χ1n) is 7.85. The average molecular weight is 399 g/mol. The van der Waals surface area contributed by atoms with Gasteiger partial charge in [-0.25, -0.2) is 8.78 Å². The number of hydrogen-bond acceptors (Lipinski definition) is 2. The minimum Gasteiger partial charge on any atom is -0.335 e. The van der Waals surface area contributed by atoms with Crippen LogP contribution in [0.25, 0.3) is 0 Å². The van der Waals surface area contributed by atoms with Gasteiger partial charge < -0.3 is 9.80 Å². The molecular weight excluding hydrogens is 385 g/mol. The number of nitrogens with zero attached hydrogens (tertiary/aromatic N) is 2. The molecule has 136 valence electrons. The molecular formula is C18H14Cl2F2N2O2. The summed E-state index contributed by atoms with van der Waals surface area (Å²) in [6.07, 6.45) is 0. The summed E-state index contributed by atoms with van der Waals surface area (Å²) in [7, 11) is 0. The number of carbonyl (C=O) groups is 2. The van der Waals surface area contributed by atoms with E-state index >= 15 is 0 Å². The molecule has 0 N–H and O–H groups in total. The summed E-state index contributed by atoms with van der Waals surface area (Å²) in [5.74, 6) is -2.46. The molecule has 1 aliphatic heterocycles. The SMILES string of the molecule is O=C(c1ccc(F)cc1F)N1CCN(C(=O)c2cc(Cl)ccc2Cl)CC1. The Bertz CT molecular complexity index is 868. The summed E-state index contributed by atoms with van der Waals surface area (Å²) in [6, 6.07) is 7.47. The van der Waals surface area contributed by atoms with Gasteiger partial charge in [0.05, 0.1) is 16.1 Å². The maximum atomic E-state index is 13.8. The van der Waals surface area contributed by atoms with E-state index in [1.165, 1.54) is 11.0 Å². The second kappa shape index (κ2) is 7.60. The summed E-state index contributed by atoms with van der Waals surface area (Å²) in [6.45, 7) is 1.02. The summed E-state index contributed by atoms with van der Waals surface area (Å²) >= 11 is 12.0. The summed E-state index contributed by atoms with van der Waals surface area (Å²) < 4.78 is 26.8. The van der Waals surface area contributed by atoms with Crippen molar-refractivity contribution in [3.8, 4) is 0 Å². The Balaban J connectivity index is 1.68. The van der Waals surface area contributed by atoms with Crippen molar-refractivity contribution < 1.29 is 18.4 Å². The zero-order valence-corrected chi connectivity index (χ0v) is 15.0. The summed E-state index contributed by atoms with van der Waals surface area (Å²) in [4.78, 5) is 28.0. The van der Waals surface area contributed by atoms with E-state index in [9.17, 15) is 18.4 Å². The van der Waals surface area contributed by atoms with E-state index in [2.05, 4.69) is 0 Å². The number of benzene rings is 2. The molecule has 1 saturated heterocycles. The molecule has 0 radical (unpaired) electrons. The number of amides is 2. The van der Waals surface area contributed by atoms with E-state index in [1.54, 1.807) is 17.0 Å². The molecule has 26 heavy (non-hydrogen) atoms. The second-order valence-corrected chi connectivity index (χ2v) is 6.68. The van der Waals surface area contributed by atoms with Crippen LogP contribution in [0.5, 0.6) is 0 Å². The molecule has 2 amide bonds. The van der Waals surface area contributed by atoms with Gasteiger partial charge in [0.1, 0.15) is 11.6 Å². The minimum absolute atomic E-state index is 0.191. The fourth-order valence-corrected chi connectivity index (χ4v) is 3.15. The van der Waals surface area contributed by atoms with Gasteiger partial charge in [-0.2, -0.15) is 0 Å². The lowest BCUT2D eigenvalue weighted by atomic mass is 10.1. The predicted molar refractivity (Wildman–Crippen MR) is 94.6 cm³/mol. The molecule has 1 fully saturated rings. The van der Waals surface area contributed by atoms with E-state index in [0.29, 0.717) is 21.7 Å². The van der Waals surface area contributed by atoms with Crippen molar-refractivity contribution in [1.82, 2.24) is 9.80 Å². The van der Waals surface area contributed by atoms with E-state index < -0.39 is 17.5 Å². The Morgan fingerprint density at radius 1 is 0.808 bits per heavy atom. The fourth-order valence-electron chi connectivity index (χ4n) is 2.78. The first kappa shape index (κ1) is 18.6. The molecule has 0 spiro atoms. The third-order valence-corrected chi connectivity index (χ3v) is 4.74. The first-order valence-corrected chi connectivity index (χ1v) is 8.61. The first-order chi connectivity index (χ1) is 12.4. The molecule has 1 aliphatic rings. The molecule has 8 heteroatoms. The van der Waals surface area contributed by atoms with Crippen LogP contribution >= 0.6 is 23.2 Å². The smallest absolute Gasteiger partial charge is 0.256 e. The maximum Gasteiger partial charge on any atom is 0.256 e. The van der Waals surface area contributed by atoms with E-state index in [1.807, 2.05) is 0 Å². The standard InChI is InChI=1S/C18H14Cl2F2N2O2/c19-11-1-4-15(20)14(9-11)18(26)24-7-5-23(6-8-24)17(25)13-3-2-12(21)10-16(13)22/h1-4,9-10H,5-8H2. The van der Waals surface area contributed by atoms with Gasteiger partial charge in [0.25, 0.3) is 11.8 Å². The highest BCUT2D eigenvalue weighted by Gasteiger charge is 2.27. The highest BCUT2D eigenvalue weighted by Crippen LogP contribution is 2.23. The van der Waals surface area contributed by atoms with Crippen molar-refractivity contribution >= 4 is 35.0 Å². The Labute approximate surface area is 158 Å². The lowest BCUT2D eigenvalue weighted by Gasteiger charge is -2.35. The molecule has 2 aromatic carbocycles. The monoisotopic (exact) mass is 398 g/mol. The van der Waals surface area contributed by atoms with Crippen molar-refractivity contribution in [2.24, 2.45) is 0 Å². The summed E-state index contributed by atoms with van der Waals surface area (Å²) in [5.41, 5.74) is 0.104. The highest BCUT2D eigenvalue weighted by atomic mass is 35.5. The zero-order chi connectivity index (χ0) is 18.8. The van der Waals surface area contributed by atoms with Gasteiger partial charge in [0.15, 0.2) is 0 Å². The van der Waals surface area contributed by atoms with Crippen LogP contribution in [-0.2, 0) is 0 Å². The second-order valence-electron chi connectivity index (χ2n) is 5.83. The fraction of sp³-hybridized carbons (Fsp3) is 0.222. The van der Waals surface area contributed by atoms with Gasteiger partial charge in [-0.1, -0.05) is 23.2 Å². The van der Waals surface area contributed by atoms with Crippen LogP contribution in [0.15, 0.2) is 36.4 Å². The van der Waals surface area contributed by atoms with Crippen molar-refractivity contribution in [2.75, 3.05) is 26.2 Å². The van der Waals surface area contributed by atoms with Crippen LogP contribution in [0.1, 0.15) is 20.7 Å². The van der Waals surface area contributed by atoms with E-state index in [0.717, 1.165) is 12.1 Å². The number of carbonyl (C=O) groups excluding carboxylic acids is 2. The topological polar surface area (TPSA) is 40.6 Å². The molecule has 0 aromatic heterocycles. The minimum atomic E-state index is -0.904. The van der Waals surface area contributed by atoms with Crippen LogP contribution in [0.4, 0.5) is 8.78 Å². The Morgan fingerprint density at radius 3 is 1.96 bits per heavy atom. The van der Waals surface area contributed by atoms with Crippen LogP contribution in [-0.4, -0.2) is 47.8 Å². The molecule has 1 heterocycles. The molecule has 0 unspecified atom stereocenters. The van der Waals surface area contributed by atoms with Gasteiger partial charge in [0.2, 0.25) is 0 Å². The van der Waals surface area contributed by atoms with Crippen LogP contribution in [0.2, 0.25) is 10.0 Å². The van der Waals surface area contributed by atoms with Gasteiger partial charge in [-0.05, 0) is 30.3 Å². The largest absolute Gasteiger partial charge is 0.335 e. The summed E-state index contributed by atoms with van der Waals surface area (Å²) in [5, 5.41) is 0.699. The van der Waals surface area contributed by atoms with Gasteiger partial charge in [0, 0.05) is 37.3 Å². The molecule has 0 bridgehead atoms. The third kappa shape index (κ3) is 3.81. The van der Waals surface area contributed by atoms with E-state index in [4.69, 9.17) is 23.2 Å². The van der Waals surface area contributed by atoms with Crippen molar-refractivity contribution in [1.29, 1.82) is 0 Å². The Kier molecular flexibility index (Phi) is 5.44. The van der Waals surface area contributed by atoms with E-state index in [-0.39, 0.29) is 37.6 Å². The van der Waals surface area contributed by atoms with Crippen molar-refractivity contribution in [3.05, 3.63) is 69.2 Å². The average Bonchev–Trinajstić information content (AvgIpc) is 2.63. The number of hydrogen-bond donors (Lipinski definition) is 0.